The number of nitrogens with one attached hydrogen (secondary N) is 1. The zero-order chi connectivity index (χ0) is 22.1. The van der Waals surface area contributed by atoms with Crippen molar-refractivity contribution in [2.45, 2.75) is 32.2 Å². The molecule has 0 unspecified atom stereocenters. The van der Waals surface area contributed by atoms with Crippen molar-refractivity contribution in [3.63, 3.8) is 0 Å². The van der Waals surface area contributed by atoms with Gasteiger partial charge in [-0.1, -0.05) is 48.5 Å². The summed E-state index contributed by atoms with van der Waals surface area (Å²) in [6, 6.07) is 21.2. The standard InChI is InChI=1S/C28H31N5/c1-2-7-22(8-3-1)26-17-27(31-21-30-26)33-15-12-28(13-16-33)11-6-14-32(20-28)19-23-18-29-25-10-5-4-9-24(23)25/h1-5,7-10,17-18,21,29H,6,11-16,19-20H2. The number of rotatable bonds is 4. The smallest absolute Gasteiger partial charge is 0.132 e. The number of benzene rings is 2. The molecule has 2 fully saturated rings. The Labute approximate surface area is 195 Å². The van der Waals surface area contributed by atoms with Crippen molar-refractivity contribution in [2.24, 2.45) is 5.41 Å². The van der Waals surface area contributed by atoms with E-state index in [0.29, 0.717) is 5.41 Å². The molecule has 5 heteroatoms. The Hall–Kier alpha value is -3.18. The molecule has 1 spiro atoms. The minimum atomic E-state index is 0.441. The van der Waals surface area contributed by atoms with Crippen LogP contribution < -0.4 is 4.90 Å². The number of hydrogen-bond donors (Lipinski definition) is 1. The minimum absolute atomic E-state index is 0.441. The molecule has 2 aliphatic heterocycles. The highest BCUT2D eigenvalue weighted by Gasteiger charge is 2.38. The fourth-order valence-electron chi connectivity index (χ4n) is 5.85. The number of H-pyrrole nitrogens is 1. The number of likely N-dealkylation sites (tertiary alicyclic amines) is 1. The highest BCUT2D eigenvalue weighted by Crippen LogP contribution is 2.41. The van der Waals surface area contributed by atoms with Gasteiger partial charge in [-0.25, -0.2) is 9.97 Å². The van der Waals surface area contributed by atoms with Crippen LogP contribution in [0.3, 0.4) is 0 Å². The number of para-hydroxylation sites is 1. The lowest BCUT2D eigenvalue weighted by atomic mass is 9.72. The lowest BCUT2D eigenvalue weighted by Gasteiger charge is -2.48. The minimum Gasteiger partial charge on any atom is -0.361 e. The molecule has 0 aliphatic carbocycles. The van der Waals surface area contributed by atoms with Crippen molar-refractivity contribution in [1.82, 2.24) is 19.9 Å². The molecule has 0 atom stereocenters. The first-order valence-electron chi connectivity index (χ1n) is 12.2. The first-order chi connectivity index (χ1) is 16.3. The van der Waals surface area contributed by atoms with Crippen molar-refractivity contribution in [1.29, 1.82) is 0 Å². The second kappa shape index (κ2) is 8.64. The lowest BCUT2D eigenvalue weighted by Crippen LogP contribution is -2.49. The third-order valence-electron chi connectivity index (χ3n) is 7.68. The molecule has 4 heterocycles. The van der Waals surface area contributed by atoms with Crippen molar-refractivity contribution in [3.8, 4) is 11.3 Å². The maximum atomic E-state index is 4.62. The monoisotopic (exact) mass is 437 g/mol. The summed E-state index contributed by atoms with van der Waals surface area (Å²) in [7, 11) is 0. The largest absolute Gasteiger partial charge is 0.361 e. The van der Waals surface area contributed by atoms with Gasteiger partial charge in [-0.15, -0.1) is 0 Å². The van der Waals surface area contributed by atoms with Gasteiger partial charge in [0.1, 0.15) is 12.1 Å². The summed E-state index contributed by atoms with van der Waals surface area (Å²) in [5.41, 5.74) is 5.26. The number of hydrogen-bond acceptors (Lipinski definition) is 4. The topological polar surface area (TPSA) is 48.0 Å². The van der Waals surface area contributed by atoms with E-state index in [2.05, 4.69) is 85.5 Å². The normalized spacial score (nSPS) is 18.7. The number of aromatic nitrogens is 3. The Balaban J connectivity index is 1.13. The maximum absolute atomic E-state index is 4.62. The molecular formula is C28H31N5. The van der Waals surface area contributed by atoms with E-state index < -0.39 is 0 Å². The van der Waals surface area contributed by atoms with Gasteiger partial charge in [-0.3, -0.25) is 4.90 Å². The molecule has 4 aromatic rings. The number of aromatic amines is 1. The molecule has 2 aromatic carbocycles. The van der Waals surface area contributed by atoms with E-state index in [0.717, 1.165) is 36.7 Å². The average Bonchev–Trinajstić information content (AvgIpc) is 3.28. The van der Waals surface area contributed by atoms with E-state index in [9.17, 15) is 0 Å². The van der Waals surface area contributed by atoms with Gasteiger partial charge in [-0.2, -0.15) is 0 Å². The zero-order valence-corrected chi connectivity index (χ0v) is 19.1. The third kappa shape index (κ3) is 4.13. The third-order valence-corrected chi connectivity index (χ3v) is 7.68. The fraction of sp³-hybridized carbons (Fsp3) is 0.357. The summed E-state index contributed by atoms with van der Waals surface area (Å²) in [6.45, 7) is 5.61. The highest BCUT2D eigenvalue weighted by atomic mass is 15.2. The van der Waals surface area contributed by atoms with E-state index in [1.807, 2.05) is 6.07 Å². The first kappa shape index (κ1) is 20.4. The van der Waals surface area contributed by atoms with Crippen molar-refractivity contribution in [3.05, 3.63) is 78.8 Å². The van der Waals surface area contributed by atoms with E-state index in [4.69, 9.17) is 0 Å². The van der Waals surface area contributed by atoms with Gasteiger partial charge >= 0.3 is 0 Å². The molecule has 0 saturated carbocycles. The molecule has 1 N–H and O–H groups in total. The van der Waals surface area contributed by atoms with E-state index in [-0.39, 0.29) is 0 Å². The van der Waals surface area contributed by atoms with Crippen LogP contribution in [0.1, 0.15) is 31.2 Å². The fourth-order valence-corrected chi connectivity index (χ4v) is 5.85. The van der Waals surface area contributed by atoms with Crippen LogP contribution in [0.15, 0.2) is 73.2 Å². The second-order valence-corrected chi connectivity index (χ2v) is 9.79. The van der Waals surface area contributed by atoms with Crippen molar-refractivity contribution in [2.75, 3.05) is 31.1 Å². The molecule has 2 aliphatic rings. The van der Waals surface area contributed by atoms with Crippen LogP contribution in [-0.4, -0.2) is 46.0 Å². The predicted molar refractivity (Wildman–Crippen MR) is 134 cm³/mol. The van der Waals surface area contributed by atoms with Crippen molar-refractivity contribution >= 4 is 16.7 Å². The van der Waals surface area contributed by atoms with E-state index in [1.54, 1.807) is 6.33 Å². The molecule has 33 heavy (non-hydrogen) atoms. The zero-order valence-electron chi connectivity index (χ0n) is 19.1. The molecule has 2 saturated heterocycles. The van der Waals surface area contributed by atoms with Gasteiger partial charge < -0.3 is 9.88 Å². The summed E-state index contributed by atoms with van der Waals surface area (Å²) in [5.74, 6) is 1.06. The quantitative estimate of drug-likeness (QED) is 0.457. The Morgan fingerprint density at radius 2 is 1.70 bits per heavy atom. The number of fused-ring (bicyclic) bond motifs is 1. The molecular weight excluding hydrogens is 406 g/mol. The van der Waals surface area contributed by atoms with E-state index in [1.165, 1.54) is 55.2 Å². The highest BCUT2D eigenvalue weighted by molar-refractivity contribution is 5.82. The summed E-state index contributed by atoms with van der Waals surface area (Å²) < 4.78 is 0. The lowest BCUT2D eigenvalue weighted by molar-refractivity contribution is 0.0607. The van der Waals surface area contributed by atoms with Gasteiger partial charge in [0.2, 0.25) is 0 Å². The Bertz CT molecular complexity index is 1220. The second-order valence-electron chi connectivity index (χ2n) is 9.79. The van der Waals surface area contributed by atoms with Gasteiger partial charge in [0.05, 0.1) is 5.69 Å². The Morgan fingerprint density at radius 3 is 2.58 bits per heavy atom. The number of piperidine rings is 2. The van der Waals surface area contributed by atoms with E-state index >= 15 is 0 Å². The molecule has 0 amide bonds. The number of nitrogens with zero attached hydrogens (tertiary/aromatic N) is 4. The van der Waals surface area contributed by atoms with Gasteiger partial charge in [0.25, 0.3) is 0 Å². The summed E-state index contributed by atoms with van der Waals surface area (Å²) >= 11 is 0. The van der Waals surface area contributed by atoms with Crippen LogP contribution in [0, 0.1) is 5.41 Å². The van der Waals surface area contributed by atoms with Crippen molar-refractivity contribution < 1.29 is 0 Å². The van der Waals surface area contributed by atoms with Crippen LogP contribution in [-0.2, 0) is 6.54 Å². The summed E-state index contributed by atoms with van der Waals surface area (Å²) in [6.07, 6.45) is 9.04. The summed E-state index contributed by atoms with van der Waals surface area (Å²) in [4.78, 5) is 17.7. The Kier molecular flexibility index (Phi) is 5.35. The molecule has 6 rings (SSSR count). The number of anilines is 1. The van der Waals surface area contributed by atoms with Crippen LogP contribution in [0.4, 0.5) is 5.82 Å². The van der Waals surface area contributed by atoms with Gasteiger partial charge in [0, 0.05) is 54.9 Å². The maximum Gasteiger partial charge on any atom is 0.132 e. The van der Waals surface area contributed by atoms with Crippen LogP contribution >= 0.6 is 0 Å². The average molecular weight is 438 g/mol. The molecule has 168 valence electrons. The van der Waals surface area contributed by atoms with Gasteiger partial charge in [0.15, 0.2) is 0 Å². The molecule has 5 nitrogen and oxygen atoms in total. The van der Waals surface area contributed by atoms with Gasteiger partial charge in [-0.05, 0) is 49.3 Å². The van der Waals surface area contributed by atoms with Crippen LogP contribution in [0.2, 0.25) is 0 Å². The molecule has 0 radical (unpaired) electrons. The predicted octanol–water partition coefficient (Wildman–Crippen LogP) is 5.51. The summed E-state index contributed by atoms with van der Waals surface area (Å²) in [5, 5.41) is 1.37. The molecule has 0 bridgehead atoms. The molecule has 2 aromatic heterocycles. The first-order valence-corrected chi connectivity index (χ1v) is 12.2. The van der Waals surface area contributed by atoms with Crippen LogP contribution in [0.25, 0.3) is 22.2 Å². The SMILES string of the molecule is c1ccc(-c2cc(N3CCC4(CCCN(Cc5c[nH]c6ccccc56)C4)CC3)ncn2)cc1. The van der Waals surface area contributed by atoms with Crippen LogP contribution in [0.5, 0.6) is 0 Å². The Morgan fingerprint density at radius 1 is 0.879 bits per heavy atom.